The number of aliphatic carboxylic acids is 1. The number of benzene rings is 1. The van der Waals surface area contributed by atoms with Gasteiger partial charge >= 0.3 is 5.97 Å². The zero-order valence-electron chi connectivity index (χ0n) is 10.5. The van der Waals surface area contributed by atoms with Gasteiger partial charge in [0.1, 0.15) is 17.5 Å². The van der Waals surface area contributed by atoms with Crippen molar-refractivity contribution in [2.24, 2.45) is 0 Å². The number of hydrogen-bond donors (Lipinski definition) is 2. The minimum Gasteiger partial charge on any atom is -0.497 e. The van der Waals surface area contributed by atoms with Gasteiger partial charge in [-0.1, -0.05) is 0 Å². The Morgan fingerprint density at radius 1 is 1.39 bits per heavy atom. The maximum absolute atomic E-state index is 11.3. The molecular weight excluding hydrogens is 234 g/mol. The third-order valence-electron chi connectivity index (χ3n) is 2.98. The minimum atomic E-state index is -0.898. The molecular formula is C13H17NO4. The van der Waals surface area contributed by atoms with E-state index in [-0.39, 0.29) is 0 Å². The fourth-order valence-electron chi connectivity index (χ4n) is 1.84. The number of nitrogens with one attached hydrogen (secondary N) is 1. The van der Waals surface area contributed by atoms with E-state index in [9.17, 15) is 9.90 Å². The lowest BCUT2D eigenvalue weighted by molar-refractivity contribution is -0.139. The van der Waals surface area contributed by atoms with E-state index in [0.29, 0.717) is 23.1 Å². The van der Waals surface area contributed by atoms with Gasteiger partial charge < -0.3 is 14.6 Å². The predicted octanol–water partition coefficient (Wildman–Crippen LogP) is 1.58. The Morgan fingerprint density at radius 2 is 2.11 bits per heavy atom. The Labute approximate surface area is 106 Å². The van der Waals surface area contributed by atoms with Crippen LogP contribution in [0.4, 0.5) is 0 Å². The molecule has 5 nitrogen and oxygen atoms in total. The van der Waals surface area contributed by atoms with Gasteiger partial charge in [-0.3, -0.25) is 10.1 Å². The highest BCUT2D eigenvalue weighted by atomic mass is 16.5. The molecule has 1 atom stereocenters. The highest BCUT2D eigenvalue weighted by molar-refractivity contribution is 5.77. The van der Waals surface area contributed by atoms with Crippen molar-refractivity contribution in [1.29, 1.82) is 0 Å². The van der Waals surface area contributed by atoms with Gasteiger partial charge in [-0.15, -0.1) is 0 Å². The van der Waals surface area contributed by atoms with Crippen molar-refractivity contribution in [3.05, 3.63) is 23.8 Å². The van der Waals surface area contributed by atoms with Crippen LogP contribution in [0.2, 0.25) is 0 Å². The maximum Gasteiger partial charge on any atom is 0.325 e. The summed E-state index contributed by atoms with van der Waals surface area (Å²) in [5, 5.41) is 12.4. The highest BCUT2D eigenvalue weighted by Crippen LogP contribution is 2.32. The molecule has 0 amide bonds. The normalized spacial score (nSPS) is 16.1. The van der Waals surface area contributed by atoms with Crippen LogP contribution in [-0.4, -0.2) is 31.3 Å². The molecule has 18 heavy (non-hydrogen) atoms. The van der Waals surface area contributed by atoms with Crippen molar-refractivity contribution in [2.75, 3.05) is 14.2 Å². The number of rotatable bonds is 6. The fourth-order valence-corrected chi connectivity index (χ4v) is 1.84. The summed E-state index contributed by atoms with van der Waals surface area (Å²) in [4.78, 5) is 11.3. The summed E-state index contributed by atoms with van der Waals surface area (Å²) in [5.41, 5.74) is 0.623. The Balaban J connectivity index is 2.29. The molecule has 1 aliphatic rings. The number of carboxylic acid groups (broad SMARTS) is 1. The number of carboxylic acids is 1. The van der Waals surface area contributed by atoms with E-state index in [1.54, 1.807) is 25.3 Å². The molecule has 0 bridgehead atoms. The predicted molar refractivity (Wildman–Crippen MR) is 66.1 cm³/mol. The zero-order chi connectivity index (χ0) is 13.1. The van der Waals surface area contributed by atoms with Crippen molar-refractivity contribution < 1.29 is 19.4 Å². The molecule has 1 aliphatic carbocycles. The summed E-state index contributed by atoms with van der Waals surface area (Å²) in [6.45, 7) is 0. The van der Waals surface area contributed by atoms with Gasteiger partial charge in [0.15, 0.2) is 0 Å². The maximum atomic E-state index is 11.3. The van der Waals surface area contributed by atoms with Gasteiger partial charge in [-0.25, -0.2) is 0 Å². The Kier molecular flexibility index (Phi) is 3.72. The van der Waals surface area contributed by atoms with Gasteiger partial charge in [0, 0.05) is 17.7 Å². The summed E-state index contributed by atoms with van der Waals surface area (Å²) < 4.78 is 10.3. The molecule has 5 heteroatoms. The first-order chi connectivity index (χ1) is 8.65. The Hall–Kier alpha value is -1.75. The van der Waals surface area contributed by atoms with Gasteiger partial charge in [-0.2, -0.15) is 0 Å². The van der Waals surface area contributed by atoms with E-state index in [2.05, 4.69) is 5.32 Å². The van der Waals surface area contributed by atoms with E-state index in [1.165, 1.54) is 7.11 Å². The van der Waals surface area contributed by atoms with Crippen LogP contribution in [0.15, 0.2) is 18.2 Å². The van der Waals surface area contributed by atoms with Crippen molar-refractivity contribution in [1.82, 2.24) is 5.32 Å². The fraction of sp³-hybridized carbons (Fsp3) is 0.462. The van der Waals surface area contributed by atoms with Crippen LogP contribution >= 0.6 is 0 Å². The van der Waals surface area contributed by atoms with E-state index in [4.69, 9.17) is 9.47 Å². The quantitative estimate of drug-likeness (QED) is 0.803. The van der Waals surface area contributed by atoms with Crippen LogP contribution in [-0.2, 0) is 4.79 Å². The van der Waals surface area contributed by atoms with Crippen LogP contribution in [0.5, 0.6) is 11.5 Å². The average molecular weight is 251 g/mol. The molecule has 0 heterocycles. The number of methoxy groups -OCH3 is 2. The molecule has 1 unspecified atom stereocenters. The molecule has 2 N–H and O–H groups in total. The minimum absolute atomic E-state index is 0.304. The third-order valence-corrected chi connectivity index (χ3v) is 2.98. The molecule has 0 saturated heterocycles. The second-order valence-corrected chi connectivity index (χ2v) is 4.32. The molecule has 1 aromatic rings. The van der Waals surface area contributed by atoms with Gasteiger partial charge in [0.25, 0.3) is 0 Å². The highest BCUT2D eigenvalue weighted by Gasteiger charge is 2.31. The van der Waals surface area contributed by atoms with Crippen LogP contribution in [0.25, 0.3) is 0 Å². The number of hydrogen-bond acceptors (Lipinski definition) is 4. The first-order valence-corrected chi connectivity index (χ1v) is 5.86. The van der Waals surface area contributed by atoms with E-state index < -0.39 is 12.0 Å². The van der Waals surface area contributed by atoms with E-state index in [1.807, 2.05) is 0 Å². The van der Waals surface area contributed by atoms with Gasteiger partial charge in [0.05, 0.1) is 14.2 Å². The number of carbonyl (C=O) groups is 1. The first-order valence-electron chi connectivity index (χ1n) is 5.86. The van der Waals surface area contributed by atoms with Crippen LogP contribution in [0.3, 0.4) is 0 Å². The van der Waals surface area contributed by atoms with Gasteiger partial charge in [-0.05, 0) is 25.0 Å². The molecule has 1 fully saturated rings. The smallest absolute Gasteiger partial charge is 0.325 e. The summed E-state index contributed by atoms with van der Waals surface area (Å²) in [7, 11) is 3.08. The second-order valence-electron chi connectivity index (χ2n) is 4.32. The largest absolute Gasteiger partial charge is 0.497 e. The van der Waals surface area contributed by atoms with Crippen LogP contribution in [0.1, 0.15) is 24.4 Å². The molecule has 2 rings (SSSR count). The zero-order valence-corrected chi connectivity index (χ0v) is 10.5. The lowest BCUT2D eigenvalue weighted by Gasteiger charge is -2.18. The SMILES string of the molecule is COc1ccc(C(NC2CC2)C(=O)O)c(OC)c1. The summed E-state index contributed by atoms with van der Waals surface area (Å²) >= 11 is 0. The van der Waals surface area contributed by atoms with Crippen LogP contribution < -0.4 is 14.8 Å². The molecule has 0 spiro atoms. The molecule has 0 aromatic heterocycles. The first kappa shape index (κ1) is 12.7. The molecule has 1 aromatic carbocycles. The standard InChI is InChI=1S/C13H17NO4/c1-17-9-5-6-10(11(7-9)18-2)12(13(15)16)14-8-3-4-8/h5-8,12,14H,3-4H2,1-2H3,(H,15,16). The molecule has 0 aliphatic heterocycles. The van der Waals surface area contributed by atoms with Crippen molar-refractivity contribution in [2.45, 2.75) is 24.9 Å². The van der Waals surface area contributed by atoms with Crippen molar-refractivity contribution >= 4 is 5.97 Å². The third kappa shape index (κ3) is 2.73. The molecule has 0 radical (unpaired) electrons. The number of ether oxygens (including phenoxy) is 2. The topological polar surface area (TPSA) is 67.8 Å². The van der Waals surface area contributed by atoms with E-state index >= 15 is 0 Å². The summed E-state index contributed by atoms with van der Waals surface area (Å²) in [6, 6.07) is 4.73. The average Bonchev–Trinajstić information content (AvgIpc) is 3.19. The van der Waals surface area contributed by atoms with Gasteiger partial charge in [0.2, 0.25) is 0 Å². The lowest BCUT2D eigenvalue weighted by atomic mass is 10.1. The second kappa shape index (κ2) is 5.27. The van der Waals surface area contributed by atoms with Crippen molar-refractivity contribution in [3.8, 4) is 11.5 Å². The van der Waals surface area contributed by atoms with E-state index in [0.717, 1.165) is 12.8 Å². The van der Waals surface area contributed by atoms with Crippen molar-refractivity contribution in [3.63, 3.8) is 0 Å². The Bertz CT molecular complexity index is 443. The Morgan fingerprint density at radius 3 is 2.61 bits per heavy atom. The lowest BCUT2D eigenvalue weighted by Crippen LogP contribution is -2.30. The van der Waals surface area contributed by atoms with Crippen LogP contribution in [0, 0.1) is 0 Å². The molecule has 98 valence electrons. The summed E-state index contributed by atoms with van der Waals surface area (Å²) in [5.74, 6) is 0.270. The molecule has 1 saturated carbocycles. The monoisotopic (exact) mass is 251 g/mol. The summed E-state index contributed by atoms with van der Waals surface area (Å²) in [6.07, 6.45) is 2.06.